The van der Waals surface area contributed by atoms with Crippen LogP contribution in [-0.4, -0.2) is 32.8 Å². The van der Waals surface area contributed by atoms with Crippen molar-refractivity contribution in [1.29, 1.82) is 0 Å². The van der Waals surface area contributed by atoms with Crippen molar-refractivity contribution in [2.24, 2.45) is 7.05 Å². The van der Waals surface area contributed by atoms with Crippen LogP contribution in [0, 0.1) is 0 Å². The number of nitrogens with zero attached hydrogens (tertiary/aromatic N) is 4. The van der Waals surface area contributed by atoms with E-state index in [-0.39, 0.29) is 0 Å². The van der Waals surface area contributed by atoms with E-state index in [1.54, 1.807) is 0 Å². The maximum Gasteiger partial charge on any atom is 0.157 e. The standard InChI is InChI=1S/C19H21ClN4/c1-23-19-17(5-2-10-21-19)18(22-23)15-4-3-11-24(13-15)12-14-6-8-16(20)9-7-14/h2,5-10,15H,3-4,11-13H2,1H3/t15-/m1/s1. The quantitative estimate of drug-likeness (QED) is 0.722. The number of likely N-dealkylation sites (tertiary alicyclic amines) is 1. The molecule has 5 heteroatoms. The van der Waals surface area contributed by atoms with Gasteiger partial charge in [0.05, 0.1) is 5.69 Å². The van der Waals surface area contributed by atoms with Gasteiger partial charge in [0.1, 0.15) is 0 Å². The van der Waals surface area contributed by atoms with E-state index in [9.17, 15) is 0 Å². The Kier molecular flexibility index (Phi) is 4.25. The van der Waals surface area contributed by atoms with Crippen LogP contribution in [-0.2, 0) is 13.6 Å². The van der Waals surface area contributed by atoms with Gasteiger partial charge in [0, 0.05) is 42.7 Å². The molecule has 0 aliphatic carbocycles. The Bertz CT molecular complexity index is 840. The second-order valence-corrected chi connectivity index (χ2v) is 7.02. The molecule has 0 spiro atoms. The highest BCUT2D eigenvalue weighted by Crippen LogP contribution is 2.31. The van der Waals surface area contributed by atoms with E-state index < -0.39 is 0 Å². The van der Waals surface area contributed by atoms with E-state index >= 15 is 0 Å². The van der Waals surface area contributed by atoms with Gasteiger partial charge in [0.15, 0.2) is 5.65 Å². The first-order chi connectivity index (χ1) is 11.7. The second-order valence-electron chi connectivity index (χ2n) is 6.58. The van der Waals surface area contributed by atoms with Gasteiger partial charge in [0.2, 0.25) is 0 Å². The Morgan fingerprint density at radius 3 is 2.88 bits per heavy atom. The van der Waals surface area contributed by atoms with E-state index in [0.717, 1.165) is 30.3 Å². The summed E-state index contributed by atoms with van der Waals surface area (Å²) in [4.78, 5) is 6.99. The summed E-state index contributed by atoms with van der Waals surface area (Å²) in [5, 5.41) is 6.76. The smallest absolute Gasteiger partial charge is 0.157 e. The van der Waals surface area contributed by atoms with Crippen LogP contribution >= 0.6 is 11.6 Å². The van der Waals surface area contributed by atoms with Gasteiger partial charge in [-0.05, 0) is 49.2 Å². The first kappa shape index (κ1) is 15.6. The Morgan fingerprint density at radius 1 is 1.21 bits per heavy atom. The molecular weight excluding hydrogens is 320 g/mol. The number of fused-ring (bicyclic) bond motifs is 1. The average Bonchev–Trinajstić information content (AvgIpc) is 2.95. The van der Waals surface area contributed by atoms with E-state index in [2.05, 4.69) is 28.1 Å². The number of pyridine rings is 1. The predicted octanol–water partition coefficient (Wildman–Crippen LogP) is 4.00. The van der Waals surface area contributed by atoms with Gasteiger partial charge in [-0.3, -0.25) is 9.58 Å². The fourth-order valence-corrected chi connectivity index (χ4v) is 3.82. The number of hydrogen-bond donors (Lipinski definition) is 0. The summed E-state index contributed by atoms with van der Waals surface area (Å²) >= 11 is 5.99. The summed E-state index contributed by atoms with van der Waals surface area (Å²) < 4.78 is 1.91. The van der Waals surface area contributed by atoms with Gasteiger partial charge in [0.25, 0.3) is 0 Å². The molecule has 3 heterocycles. The molecule has 1 atom stereocenters. The van der Waals surface area contributed by atoms with Gasteiger partial charge >= 0.3 is 0 Å². The van der Waals surface area contributed by atoms with Crippen molar-refractivity contribution in [2.45, 2.75) is 25.3 Å². The third-order valence-electron chi connectivity index (χ3n) is 4.84. The zero-order valence-electron chi connectivity index (χ0n) is 13.8. The van der Waals surface area contributed by atoms with Crippen molar-refractivity contribution < 1.29 is 0 Å². The topological polar surface area (TPSA) is 34.0 Å². The Labute approximate surface area is 147 Å². The van der Waals surface area contributed by atoms with Crippen LogP contribution in [0.25, 0.3) is 11.0 Å². The zero-order valence-corrected chi connectivity index (χ0v) is 14.6. The highest BCUT2D eigenvalue weighted by molar-refractivity contribution is 6.30. The highest BCUT2D eigenvalue weighted by Gasteiger charge is 2.25. The molecule has 2 aromatic heterocycles. The normalized spacial score (nSPS) is 19.0. The van der Waals surface area contributed by atoms with Crippen LogP contribution in [0.2, 0.25) is 5.02 Å². The lowest BCUT2D eigenvalue weighted by molar-refractivity contribution is 0.198. The average molecular weight is 341 g/mol. The summed E-state index contributed by atoms with van der Waals surface area (Å²) in [7, 11) is 1.98. The fraction of sp³-hybridized carbons (Fsp3) is 0.368. The van der Waals surface area contributed by atoms with Crippen molar-refractivity contribution in [3.8, 4) is 0 Å². The van der Waals surface area contributed by atoms with Crippen molar-refractivity contribution in [1.82, 2.24) is 19.7 Å². The summed E-state index contributed by atoms with van der Waals surface area (Å²) in [6.07, 6.45) is 4.23. The molecule has 4 nitrogen and oxygen atoms in total. The Hall–Kier alpha value is -1.91. The van der Waals surface area contributed by atoms with Crippen LogP contribution < -0.4 is 0 Å². The monoisotopic (exact) mass is 340 g/mol. The third kappa shape index (κ3) is 3.04. The van der Waals surface area contributed by atoms with Crippen molar-refractivity contribution >= 4 is 22.6 Å². The number of halogens is 1. The van der Waals surface area contributed by atoms with E-state index in [0.29, 0.717) is 5.92 Å². The lowest BCUT2D eigenvalue weighted by Gasteiger charge is -2.32. The molecule has 0 saturated carbocycles. The van der Waals surface area contributed by atoms with Crippen molar-refractivity contribution in [2.75, 3.05) is 13.1 Å². The molecule has 1 fully saturated rings. The largest absolute Gasteiger partial charge is 0.298 e. The molecule has 0 amide bonds. The maximum atomic E-state index is 5.99. The molecule has 0 unspecified atom stereocenters. The molecule has 0 bridgehead atoms. The molecule has 3 aromatic rings. The zero-order chi connectivity index (χ0) is 16.5. The third-order valence-corrected chi connectivity index (χ3v) is 5.09. The van der Waals surface area contributed by atoms with Crippen LogP contribution in [0.3, 0.4) is 0 Å². The summed E-state index contributed by atoms with van der Waals surface area (Å²) in [5.41, 5.74) is 3.48. The Balaban J connectivity index is 1.55. The molecule has 1 aliphatic heterocycles. The molecule has 0 N–H and O–H groups in total. The number of rotatable bonds is 3. The molecule has 1 aliphatic rings. The number of benzene rings is 1. The minimum absolute atomic E-state index is 0.471. The molecule has 0 radical (unpaired) electrons. The van der Waals surface area contributed by atoms with Crippen LogP contribution in [0.15, 0.2) is 42.6 Å². The fourth-order valence-electron chi connectivity index (χ4n) is 3.69. The van der Waals surface area contributed by atoms with Crippen LogP contribution in [0.5, 0.6) is 0 Å². The number of piperidine rings is 1. The van der Waals surface area contributed by atoms with Crippen LogP contribution in [0.1, 0.15) is 30.0 Å². The SMILES string of the molecule is Cn1nc([C@@H]2CCCN(Cc3ccc(Cl)cc3)C2)c2cccnc21. The second kappa shape index (κ2) is 6.54. The van der Waals surface area contributed by atoms with E-state index in [4.69, 9.17) is 16.7 Å². The van der Waals surface area contributed by atoms with Gasteiger partial charge in [-0.2, -0.15) is 5.10 Å². The molecule has 1 saturated heterocycles. The van der Waals surface area contributed by atoms with E-state index in [1.165, 1.54) is 29.5 Å². The molecule has 124 valence electrons. The lowest BCUT2D eigenvalue weighted by Crippen LogP contribution is -2.34. The highest BCUT2D eigenvalue weighted by atomic mass is 35.5. The summed E-state index contributed by atoms with van der Waals surface area (Å²) in [5.74, 6) is 0.471. The van der Waals surface area contributed by atoms with E-state index in [1.807, 2.05) is 36.1 Å². The number of hydrogen-bond acceptors (Lipinski definition) is 3. The number of aromatic nitrogens is 3. The predicted molar refractivity (Wildman–Crippen MR) is 97.2 cm³/mol. The van der Waals surface area contributed by atoms with Gasteiger partial charge < -0.3 is 0 Å². The summed E-state index contributed by atoms with van der Waals surface area (Å²) in [6.45, 7) is 3.16. The Morgan fingerprint density at radius 2 is 2.04 bits per heavy atom. The molecule has 4 rings (SSSR count). The summed E-state index contributed by atoms with van der Waals surface area (Å²) in [6, 6.07) is 12.3. The van der Waals surface area contributed by atoms with Gasteiger partial charge in [-0.15, -0.1) is 0 Å². The first-order valence-corrected chi connectivity index (χ1v) is 8.83. The van der Waals surface area contributed by atoms with Crippen LogP contribution in [0.4, 0.5) is 0 Å². The van der Waals surface area contributed by atoms with Gasteiger partial charge in [-0.25, -0.2) is 4.98 Å². The van der Waals surface area contributed by atoms with Crippen molar-refractivity contribution in [3.05, 3.63) is 58.9 Å². The molecule has 24 heavy (non-hydrogen) atoms. The maximum absolute atomic E-state index is 5.99. The van der Waals surface area contributed by atoms with Gasteiger partial charge in [-0.1, -0.05) is 23.7 Å². The van der Waals surface area contributed by atoms with Crippen molar-refractivity contribution in [3.63, 3.8) is 0 Å². The minimum atomic E-state index is 0.471. The molecular formula is C19H21ClN4. The molecule has 1 aromatic carbocycles. The first-order valence-electron chi connectivity index (χ1n) is 8.45. The number of aryl methyl sites for hydroxylation is 1. The lowest BCUT2D eigenvalue weighted by atomic mass is 9.93. The minimum Gasteiger partial charge on any atom is -0.298 e.